The monoisotopic (exact) mass is 642 g/mol. The molecule has 0 bridgehead atoms. The molecule has 0 radical (unpaired) electrons. The second-order valence-corrected chi connectivity index (χ2v) is 14.4. The fourth-order valence-corrected chi connectivity index (χ4v) is 7.72. The molecule has 1 aliphatic carbocycles. The van der Waals surface area contributed by atoms with Crippen LogP contribution in [0.5, 0.6) is 0 Å². The molecule has 0 unspecified atom stereocenters. The molecule has 0 aliphatic heterocycles. The highest BCUT2D eigenvalue weighted by Crippen LogP contribution is 2.33. The Labute approximate surface area is 273 Å². The van der Waals surface area contributed by atoms with Crippen LogP contribution in [0.1, 0.15) is 73.2 Å². The second-order valence-electron chi connectivity index (χ2n) is 12.6. The summed E-state index contributed by atoms with van der Waals surface area (Å²) in [6.45, 7) is 1.90. The highest BCUT2D eigenvalue weighted by Gasteiger charge is 2.31. The average Bonchev–Trinajstić information content (AvgIpc) is 3.57. The van der Waals surface area contributed by atoms with E-state index >= 15 is 0 Å². The predicted octanol–water partition coefficient (Wildman–Crippen LogP) is 5.60. The van der Waals surface area contributed by atoms with Crippen molar-refractivity contribution in [3.63, 3.8) is 0 Å². The zero-order chi connectivity index (χ0) is 32.5. The van der Waals surface area contributed by atoms with Crippen molar-refractivity contribution < 1.29 is 18.3 Å². The van der Waals surface area contributed by atoms with Gasteiger partial charge in [0.25, 0.3) is 10.0 Å². The van der Waals surface area contributed by atoms with Crippen molar-refractivity contribution in [3.05, 3.63) is 120 Å². The van der Waals surface area contributed by atoms with Crippen molar-refractivity contribution >= 4 is 15.9 Å². The van der Waals surface area contributed by atoms with Crippen molar-refractivity contribution in [1.82, 2.24) is 19.6 Å². The van der Waals surface area contributed by atoms with E-state index in [9.17, 15) is 18.3 Å². The van der Waals surface area contributed by atoms with Gasteiger partial charge >= 0.3 is 0 Å². The van der Waals surface area contributed by atoms with Crippen molar-refractivity contribution in [2.75, 3.05) is 7.05 Å². The van der Waals surface area contributed by atoms with Crippen LogP contribution in [0.2, 0.25) is 0 Å². The summed E-state index contributed by atoms with van der Waals surface area (Å²) in [4.78, 5) is 18.3. The van der Waals surface area contributed by atoms with Crippen LogP contribution in [0.4, 0.5) is 0 Å². The molecule has 3 aromatic carbocycles. The lowest BCUT2D eigenvalue weighted by molar-refractivity contribution is -0.124. The maximum absolute atomic E-state index is 13.8. The molecule has 1 amide bonds. The van der Waals surface area contributed by atoms with E-state index in [4.69, 9.17) is 0 Å². The summed E-state index contributed by atoms with van der Waals surface area (Å²) in [6, 6.07) is 26.0. The third-order valence-electron chi connectivity index (χ3n) is 9.27. The smallest absolute Gasteiger partial charge is 0.268 e. The molecule has 1 heterocycles. The van der Waals surface area contributed by atoms with Gasteiger partial charge in [-0.3, -0.25) is 4.79 Å². The first-order valence-electron chi connectivity index (χ1n) is 16.3. The third-order valence-corrected chi connectivity index (χ3v) is 10.9. The number of aliphatic hydroxyl groups is 1. The highest BCUT2D eigenvalue weighted by atomic mass is 32.2. The fourth-order valence-electron chi connectivity index (χ4n) is 6.57. The number of aromatic nitrogens is 2. The lowest BCUT2D eigenvalue weighted by Crippen LogP contribution is -2.52. The van der Waals surface area contributed by atoms with E-state index < -0.39 is 28.2 Å². The number of nitrogens with zero attached hydrogens (tertiary/aromatic N) is 2. The summed E-state index contributed by atoms with van der Waals surface area (Å²) in [5.74, 6) is 0.174. The molecule has 0 spiro atoms. The normalized spacial score (nSPS) is 16.2. The van der Waals surface area contributed by atoms with E-state index in [1.54, 1.807) is 31.3 Å². The van der Waals surface area contributed by atoms with E-state index in [0.29, 0.717) is 24.5 Å². The zero-order valence-corrected chi connectivity index (χ0v) is 27.6. The lowest BCUT2D eigenvalue weighted by Gasteiger charge is -2.33. The van der Waals surface area contributed by atoms with E-state index in [0.717, 1.165) is 33.5 Å². The van der Waals surface area contributed by atoms with Crippen LogP contribution in [0, 0.1) is 12.8 Å². The summed E-state index contributed by atoms with van der Waals surface area (Å²) in [6.07, 6.45) is 9.12. The fraction of sp³-hybridized carbons (Fsp3) is 0.405. The van der Waals surface area contributed by atoms with Gasteiger partial charge in [-0.1, -0.05) is 110 Å². The van der Waals surface area contributed by atoms with Crippen LogP contribution in [-0.4, -0.2) is 53.6 Å². The van der Waals surface area contributed by atoms with Crippen LogP contribution < -0.4 is 10.6 Å². The SMILES string of the molecule is CN[C@@H](Cc1cn(S(=O)(=O)c2ccc(C)cc2)cn1)C(=O)N[C@@H](CC1CCCCC1)[C@@H](O)CC(c1ccccc1)c1ccccc1. The molecule has 0 saturated heterocycles. The van der Waals surface area contributed by atoms with Gasteiger partial charge < -0.3 is 15.7 Å². The minimum Gasteiger partial charge on any atom is -0.391 e. The molecular weight excluding hydrogens is 596 g/mol. The molecule has 1 saturated carbocycles. The molecule has 3 atom stereocenters. The van der Waals surface area contributed by atoms with E-state index in [2.05, 4.69) is 39.9 Å². The zero-order valence-electron chi connectivity index (χ0n) is 26.8. The predicted molar refractivity (Wildman–Crippen MR) is 181 cm³/mol. The number of hydrogen-bond donors (Lipinski definition) is 3. The number of benzene rings is 3. The topological polar surface area (TPSA) is 113 Å². The van der Waals surface area contributed by atoms with E-state index in [-0.39, 0.29) is 23.1 Å². The molecule has 1 fully saturated rings. The van der Waals surface area contributed by atoms with Gasteiger partial charge in [0.1, 0.15) is 6.33 Å². The molecule has 8 nitrogen and oxygen atoms in total. The number of amides is 1. The first-order chi connectivity index (χ1) is 22.2. The Hall–Kier alpha value is -3.79. The Morgan fingerprint density at radius 2 is 1.54 bits per heavy atom. The number of aliphatic hydroxyl groups excluding tert-OH is 1. The molecule has 46 heavy (non-hydrogen) atoms. The largest absolute Gasteiger partial charge is 0.391 e. The Morgan fingerprint density at radius 1 is 0.935 bits per heavy atom. The molecule has 4 aromatic rings. The summed E-state index contributed by atoms with van der Waals surface area (Å²) in [7, 11) is -2.10. The number of carbonyl (C=O) groups is 1. The number of rotatable bonds is 14. The van der Waals surface area contributed by atoms with Gasteiger partial charge in [0.05, 0.1) is 28.8 Å². The first kappa shape index (κ1) is 33.6. The van der Waals surface area contributed by atoms with Gasteiger partial charge in [0.15, 0.2) is 0 Å². The molecule has 1 aliphatic rings. The lowest BCUT2D eigenvalue weighted by atomic mass is 9.80. The van der Waals surface area contributed by atoms with Gasteiger partial charge in [-0.15, -0.1) is 0 Å². The Morgan fingerprint density at radius 3 is 2.13 bits per heavy atom. The first-order valence-corrected chi connectivity index (χ1v) is 17.8. The molecule has 1 aromatic heterocycles. The van der Waals surface area contributed by atoms with Crippen molar-refractivity contribution in [2.45, 2.75) is 87.3 Å². The van der Waals surface area contributed by atoms with Gasteiger partial charge in [-0.2, -0.15) is 0 Å². The molecule has 9 heteroatoms. The van der Waals surface area contributed by atoms with Crippen molar-refractivity contribution in [3.8, 4) is 0 Å². The van der Waals surface area contributed by atoms with Gasteiger partial charge in [0, 0.05) is 18.5 Å². The van der Waals surface area contributed by atoms with Crippen molar-refractivity contribution in [2.24, 2.45) is 5.92 Å². The highest BCUT2D eigenvalue weighted by molar-refractivity contribution is 7.90. The Kier molecular flexibility index (Phi) is 11.4. The Bertz CT molecular complexity index is 1600. The maximum atomic E-state index is 13.8. The summed E-state index contributed by atoms with van der Waals surface area (Å²) >= 11 is 0. The van der Waals surface area contributed by atoms with Gasteiger partial charge in [-0.25, -0.2) is 17.4 Å². The summed E-state index contributed by atoms with van der Waals surface area (Å²) in [5.41, 5.74) is 3.69. The molecular formula is C37H46N4O4S. The average molecular weight is 643 g/mol. The van der Waals surface area contributed by atoms with Crippen LogP contribution in [0.3, 0.4) is 0 Å². The number of carbonyl (C=O) groups excluding carboxylic acids is 1. The number of likely N-dealkylation sites (N-methyl/N-ethyl adjacent to an activating group) is 1. The minimum atomic E-state index is -3.80. The second kappa shape index (κ2) is 15.7. The molecule has 5 rings (SSSR count). The standard InChI is InChI=1S/C37H46N4O4S/c1-27-18-20-32(21-19-27)46(44,45)41-25-31(39-26-41)23-35(38-2)37(43)40-34(22-28-12-6-3-7-13-28)36(42)24-33(29-14-8-4-9-15-29)30-16-10-5-11-17-30/h4-5,8-11,14-21,25-26,28,33-36,38,42H,3,6-7,12-13,22-24H2,1-2H3,(H,40,43)/t34-,35-,36-/m0/s1. The molecule has 3 N–H and O–H groups in total. The van der Waals surface area contributed by atoms with Crippen LogP contribution in [0.15, 0.2) is 102 Å². The summed E-state index contributed by atoms with van der Waals surface area (Å²) in [5, 5.41) is 18.1. The quantitative estimate of drug-likeness (QED) is 0.165. The number of nitrogens with one attached hydrogen (secondary N) is 2. The Balaban J connectivity index is 1.32. The minimum absolute atomic E-state index is 0.0253. The van der Waals surface area contributed by atoms with E-state index in [1.165, 1.54) is 31.8 Å². The van der Waals surface area contributed by atoms with Gasteiger partial charge in [0.2, 0.25) is 5.91 Å². The molecule has 244 valence electrons. The number of hydrogen-bond acceptors (Lipinski definition) is 6. The van der Waals surface area contributed by atoms with Crippen LogP contribution >= 0.6 is 0 Å². The van der Waals surface area contributed by atoms with Crippen LogP contribution in [-0.2, 0) is 21.2 Å². The van der Waals surface area contributed by atoms with Crippen molar-refractivity contribution in [1.29, 1.82) is 0 Å². The van der Waals surface area contributed by atoms with Gasteiger partial charge in [-0.05, 0) is 56.0 Å². The maximum Gasteiger partial charge on any atom is 0.268 e. The third kappa shape index (κ3) is 8.51. The number of aryl methyl sites for hydroxylation is 1. The number of imidazole rings is 1. The summed E-state index contributed by atoms with van der Waals surface area (Å²) < 4.78 is 27.4. The van der Waals surface area contributed by atoms with Crippen LogP contribution in [0.25, 0.3) is 0 Å². The van der Waals surface area contributed by atoms with E-state index in [1.807, 2.05) is 43.3 Å².